The van der Waals surface area contributed by atoms with Gasteiger partial charge in [0, 0.05) is 45.0 Å². The van der Waals surface area contributed by atoms with E-state index in [-0.39, 0.29) is 17.9 Å². The number of likely N-dealkylation sites (tertiary alicyclic amines) is 1. The van der Waals surface area contributed by atoms with Crippen molar-refractivity contribution < 1.29 is 14.3 Å². The second-order valence-electron chi connectivity index (χ2n) is 8.92. The molecule has 0 saturated carbocycles. The number of amides is 2. The summed E-state index contributed by atoms with van der Waals surface area (Å²) >= 11 is 0. The number of nitrogens with zero attached hydrogens (tertiary/aromatic N) is 3. The van der Waals surface area contributed by atoms with Gasteiger partial charge in [0.1, 0.15) is 5.60 Å². The van der Waals surface area contributed by atoms with Crippen LogP contribution >= 0.6 is 0 Å². The van der Waals surface area contributed by atoms with E-state index >= 15 is 0 Å². The number of anilines is 1. The molecular weight excluding hydrogens is 354 g/mol. The van der Waals surface area contributed by atoms with Gasteiger partial charge in [-0.25, -0.2) is 4.79 Å². The van der Waals surface area contributed by atoms with Crippen LogP contribution in [0.15, 0.2) is 24.3 Å². The van der Waals surface area contributed by atoms with Crippen molar-refractivity contribution in [2.45, 2.75) is 46.1 Å². The van der Waals surface area contributed by atoms with Crippen molar-refractivity contribution in [2.24, 2.45) is 5.92 Å². The van der Waals surface area contributed by atoms with Crippen LogP contribution in [0.2, 0.25) is 0 Å². The minimum atomic E-state index is -0.514. The SMILES string of the molecule is Cc1cccc(N2CCN(C(=O)C3CCCN(C(=O)OC(C)(C)C)C3)CC2)c1. The number of carbonyl (C=O) groups excluding carboxylic acids is 2. The van der Waals surface area contributed by atoms with E-state index in [4.69, 9.17) is 4.74 Å². The number of piperidine rings is 1. The zero-order valence-electron chi connectivity index (χ0n) is 17.6. The predicted molar refractivity (Wildman–Crippen MR) is 111 cm³/mol. The van der Waals surface area contributed by atoms with Crippen LogP contribution in [0.1, 0.15) is 39.2 Å². The van der Waals surface area contributed by atoms with E-state index in [1.807, 2.05) is 25.7 Å². The summed E-state index contributed by atoms with van der Waals surface area (Å²) in [5.41, 5.74) is 1.96. The topological polar surface area (TPSA) is 53.1 Å². The van der Waals surface area contributed by atoms with Crippen molar-refractivity contribution >= 4 is 17.7 Å². The first-order valence-corrected chi connectivity index (χ1v) is 10.3. The molecule has 28 heavy (non-hydrogen) atoms. The van der Waals surface area contributed by atoms with Crippen molar-refractivity contribution in [2.75, 3.05) is 44.2 Å². The molecule has 1 atom stereocenters. The third-order valence-electron chi connectivity index (χ3n) is 5.38. The Hall–Kier alpha value is -2.24. The number of hydrogen-bond acceptors (Lipinski definition) is 4. The molecule has 0 aliphatic carbocycles. The number of benzene rings is 1. The minimum Gasteiger partial charge on any atom is -0.444 e. The Morgan fingerprint density at radius 2 is 1.75 bits per heavy atom. The van der Waals surface area contributed by atoms with Crippen molar-refractivity contribution in [3.05, 3.63) is 29.8 Å². The molecule has 0 radical (unpaired) electrons. The van der Waals surface area contributed by atoms with Crippen LogP contribution in [-0.4, -0.2) is 66.7 Å². The molecule has 2 aliphatic heterocycles. The summed E-state index contributed by atoms with van der Waals surface area (Å²) in [4.78, 5) is 31.4. The maximum Gasteiger partial charge on any atom is 0.410 e. The zero-order valence-corrected chi connectivity index (χ0v) is 17.6. The first-order valence-electron chi connectivity index (χ1n) is 10.3. The van der Waals surface area contributed by atoms with Gasteiger partial charge in [0.15, 0.2) is 0 Å². The summed E-state index contributed by atoms with van der Waals surface area (Å²) in [6.07, 6.45) is 1.38. The highest BCUT2D eigenvalue weighted by Crippen LogP contribution is 2.23. The van der Waals surface area contributed by atoms with E-state index < -0.39 is 5.60 Å². The molecule has 2 saturated heterocycles. The molecule has 2 aliphatic rings. The lowest BCUT2D eigenvalue weighted by molar-refractivity contribution is -0.137. The Labute approximate surface area is 168 Å². The molecule has 2 heterocycles. The molecule has 3 rings (SSSR count). The number of hydrogen-bond donors (Lipinski definition) is 0. The lowest BCUT2D eigenvalue weighted by Crippen LogP contribution is -2.53. The largest absolute Gasteiger partial charge is 0.444 e. The van der Waals surface area contributed by atoms with Crippen LogP contribution in [0.3, 0.4) is 0 Å². The summed E-state index contributed by atoms with van der Waals surface area (Å²) in [6, 6.07) is 8.50. The number of ether oxygens (including phenoxy) is 1. The Balaban J connectivity index is 1.54. The highest BCUT2D eigenvalue weighted by molar-refractivity contribution is 5.80. The molecule has 6 heteroatoms. The van der Waals surface area contributed by atoms with Crippen LogP contribution in [0, 0.1) is 12.8 Å². The first-order chi connectivity index (χ1) is 13.2. The Morgan fingerprint density at radius 1 is 1.04 bits per heavy atom. The molecule has 0 N–H and O–H groups in total. The van der Waals surface area contributed by atoms with E-state index in [1.54, 1.807) is 4.90 Å². The van der Waals surface area contributed by atoms with Gasteiger partial charge >= 0.3 is 6.09 Å². The average molecular weight is 388 g/mol. The Kier molecular flexibility index (Phi) is 6.16. The second kappa shape index (κ2) is 8.41. The van der Waals surface area contributed by atoms with Crippen LogP contribution in [0.4, 0.5) is 10.5 Å². The molecule has 1 aromatic carbocycles. The lowest BCUT2D eigenvalue weighted by Gasteiger charge is -2.40. The van der Waals surface area contributed by atoms with Crippen molar-refractivity contribution in [1.29, 1.82) is 0 Å². The van der Waals surface area contributed by atoms with E-state index in [1.165, 1.54) is 11.3 Å². The molecule has 1 unspecified atom stereocenters. The van der Waals surface area contributed by atoms with E-state index in [9.17, 15) is 9.59 Å². The van der Waals surface area contributed by atoms with Gasteiger partial charge in [-0.05, 0) is 58.2 Å². The average Bonchev–Trinajstić information content (AvgIpc) is 2.66. The summed E-state index contributed by atoms with van der Waals surface area (Å²) in [6.45, 7) is 12.0. The second-order valence-corrected chi connectivity index (χ2v) is 8.92. The molecule has 0 bridgehead atoms. The fraction of sp³-hybridized carbons (Fsp3) is 0.636. The van der Waals surface area contributed by atoms with E-state index in [0.717, 1.165) is 39.0 Å². The van der Waals surface area contributed by atoms with Gasteiger partial charge in [0.25, 0.3) is 0 Å². The molecule has 2 fully saturated rings. The van der Waals surface area contributed by atoms with Gasteiger partial charge in [-0.3, -0.25) is 4.79 Å². The molecule has 1 aromatic rings. The van der Waals surface area contributed by atoms with E-state index in [0.29, 0.717) is 13.1 Å². The smallest absolute Gasteiger partial charge is 0.410 e. The van der Waals surface area contributed by atoms with Gasteiger partial charge < -0.3 is 19.4 Å². The number of rotatable bonds is 2. The van der Waals surface area contributed by atoms with Crippen LogP contribution in [0.25, 0.3) is 0 Å². The molecule has 0 aromatic heterocycles. The quantitative estimate of drug-likeness (QED) is 0.781. The summed E-state index contributed by atoms with van der Waals surface area (Å²) in [7, 11) is 0. The lowest BCUT2D eigenvalue weighted by atomic mass is 9.96. The van der Waals surface area contributed by atoms with Gasteiger partial charge in [-0.1, -0.05) is 12.1 Å². The van der Waals surface area contributed by atoms with Gasteiger partial charge in [-0.15, -0.1) is 0 Å². The van der Waals surface area contributed by atoms with Gasteiger partial charge in [0.2, 0.25) is 5.91 Å². The van der Waals surface area contributed by atoms with Gasteiger partial charge in [0.05, 0.1) is 5.92 Å². The molecular formula is C22H33N3O3. The van der Waals surface area contributed by atoms with E-state index in [2.05, 4.69) is 36.1 Å². The summed E-state index contributed by atoms with van der Waals surface area (Å²) in [5.74, 6) is 0.0592. The number of aryl methyl sites for hydroxylation is 1. The first kappa shape index (κ1) is 20.5. The highest BCUT2D eigenvalue weighted by Gasteiger charge is 2.34. The zero-order chi connectivity index (χ0) is 20.3. The third kappa shape index (κ3) is 5.18. The number of piperazine rings is 1. The Bertz CT molecular complexity index is 705. The van der Waals surface area contributed by atoms with Crippen molar-refractivity contribution in [1.82, 2.24) is 9.80 Å². The molecule has 6 nitrogen and oxygen atoms in total. The monoisotopic (exact) mass is 387 g/mol. The fourth-order valence-corrected chi connectivity index (χ4v) is 3.94. The molecule has 154 valence electrons. The molecule has 0 spiro atoms. The van der Waals surface area contributed by atoms with Crippen LogP contribution in [-0.2, 0) is 9.53 Å². The van der Waals surface area contributed by atoms with Crippen molar-refractivity contribution in [3.8, 4) is 0 Å². The fourth-order valence-electron chi connectivity index (χ4n) is 3.94. The van der Waals surface area contributed by atoms with Crippen molar-refractivity contribution in [3.63, 3.8) is 0 Å². The summed E-state index contributed by atoms with van der Waals surface area (Å²) in [5, 5.41) is 0. The summed E-state index contributed by atoms with van der Waals surface area (Å²) < 4.78 is 5.48. The van der Waals surface area contributed by atoms with Crippen LogP contribution < -0.4 is 4.90 Å². The van der Waals surface area contributed by atoms with Gasteiger partial charge in [-0.2, -0.15) is 0 Å². The normalized spacial score (nSPS) is 20.9. The molecule has 2 amide bonds. The maximum atomic E-state index is 13.0. The third-order valence-corrected chi connectivity index (χ3v) is 5.38. The predicted octanol–water partition coefficient (Wildman–Crippen LogP) is 3.29. The number of carbonyl (C=O) groups is 2. The maximum absolute atomic E-state index is 13.0. The van der Waals surface area contributed by atoms with Crippen LogP contribution in [0.5, 0.6) is 0 Å². The minimum absolute atomic E-state index is 0.119. The Morgan fingerprint density at radius 3 is 2.39 bits per heavy atom. The standard InChI is InChI=1S/C22H33N3O3/c1-17-7-5-9-19(15-17)23-11-13-24(14-12-23)20(26)18-8-6-10-25(16-18)21(27)28-22(2,3)4/h5,7,9,15,18H,6,8,10-14,16H2,1-4H3. The highest BCUT2D eigenvalue weighted by atomic mass is 16.6.